The lowest BCUT2D eigenvalue weighted by Crippen LogP contribution is -2.34. The predicted octanol–water partition coefficient (Wildman–Crippen LogP) is 4.08. The lowest BCUT2D eigenvalue weighted by molar-refractivity contribution is -0.134. The van der Waals surface area contributed by atoms with E-state index in [0.717, 1.165) is 18.6 Å². The quantitative estimate of drug-likeness (QED) is 0.674. The van der Waals surface area contributed by atoms with E-state index in [9.17, 15) is 9.90 Å². The van der Waals surface area contributed by atoms with Gasteiger partial charge in [-0.15, -0.1) is 0 Å². The second-order valence-electron chi connectivity index (χ2n) is 7.03. The molecule has 1 N–H and O–H groups in total. The first-order chi connectivity index (χ1) is 13.7. The van der Waals surface area contributed by atoms with Gasteiger partial charge in [-0.2, -0.15) is 0 Å². The third-order valence-corrected chi connectivity index (χ3v) is 5.06. The number of aryl methyl sites for hydroxylation is 2. The molecule has 0 saturated heterocycles. The molecule has 144 valence electrons. The largest absolute Gasteiger partial charge is 0.508 e. The van der Waals surface area contributed by atoms with Gasteiger partial charge in [0, 0.05) is 12.1 Å². The zero-order valence-electron chi connectivity index (χ0n) is 15.6. The molecule has 0 unspecified atom stereocenters. The number of aromatic hydroxyl groups is 1. The molecular weight excluding hydrogens is 354 g/mol. The van der Waals surface area contributed by atoms with Crippen LogP contribution < -0.4 is 4.74 Å². The number of nitrogens with zero attached hydrogens (tertiary/aromatic N) is 1. The molecule has 5 heteroatoms. The van der Waals surface area contributed by atoms with Gasteiger partial charge in [0.15, 0.2) is 6.61 Å². The fourth-order valence-corrected chi connectivity index (χ4v) is 3.55. The van der Waals surface area contributed by atoms with E-state index in [1.54, 1.807) is 35.4 Å². The number of amides is 1. The van der Waals surface area contributed by atoms with Crippen molar-refractivity contribution >= 4 is 5.91 Å². The van der Waals surface area contributed by atoms with Gasteiger partial charge in [0.05, 0.1) is 12.8 Å². The molecule has 4 rings (SSSR count). The number of para-hydroxylation sites is 1. The number of fused-ring (bicyclic) bond motifs is 1. The molecule has 0 bridgehead atoms. The number of carbonyl (C=O) groups excluding carboxylic acids is 1. The molecule has 1 aliphatic rings. The van der Waals surface area contributed by atoms with Crippen LogP contribution in [0.25, 0.3) is 0 Å². The summed E-state index contributed by atoms with van der Waals surface area (Å²) in [5.74, 6) is 1.40. The van der Waals surface area contributed by atoms with Crippen molar-refractivity contribution in [2.24, 2.45) is 0 Å². The monoisotopic (exact) mass is 377 g/mol. The van der Waals surface area contributed by atoms with Crippen molar-refractivity contribution in [1.82, 2.24) is 4.90 Å². The lowest BCUT2D eigenvalue weighted by Gasteiger charge is -2.22. The Morgan fingerprint density at radius 1 is 1.04 bits per heavy atom. The molecule has 1 heterocycles. The van der Waals surface area contributed by atoms with Crippen LogP contribution in [-0.2, 0) is 30.7 Å². The topological polar surface area (TPSA) is 62.9 Å². The zero-order chi connectivity index (χ0) is 19.3. The van der Waals surface area contributed by atoms with Crippen molar-refractivity contribution in [3.63, 3.8) is 0 Å². The first kappa shape index (κ1) is 18.2. The Bertz CT molecular complexity index is 949. The SMILES string of the molecule is O=C(COc1ccc2c(c1)CCC2)N(Cc1ccco1)Cc1ccccc1O. The van der Waals surface area contributed by atoms with Crippen LogP contribution in [0, 0.1) is 0 Å². The third-order valence-electron chi connectivity index (χ3n) is 5.06. The van der Waals surface area contributed by atoms with Crippen LogP contribution in [0.1, 0.15) is 28.9 Å². The van der Waals surface area contributed by atoms with E-state index >= 15 is 0 Å². The Balaban J connectivity index is 1.45. The molecular formula is C23H23NO4. The summed E-state index contributed by atoms with van der Waals surface area (Å²) in [5, 5.41) is 10.1. The number of rotatable bonds is 7. The molecule has 28 heavy (non-hydrogen) atoms. The summed E-state index contributed by atoms with van der Waals surface area (Å²) in [6.45, 7) is 0.528. The Morgan fingerprint density at radius 3 is 2.71 bits per heavy atom. The van der Waals surface area contributed by atoms with Crippen LogP contribution in [0.3, 0.4) is 0 Å². The average Bonchev–Trinajstić information content (AvgIpc) is 3.38. The van der Waals surface area contributed by atoms with Gasteiger partial charge in [-0.3, -0.25) is 4.79 Å². The van der Waals surface area contributed by atoms with E-state index in [2.05, 4.69) is 6.07 Å². The lowest BCUT2D eigenvalue weighted by atomic mass is 10.1. The highest BCUT2D eigenvalue weighted by Gasteiger charge is 2.19. The summed E-state index contributed by atoms with van der Waals surface area (Å²) < 4.78 is 11.2. The summed E-state index contributed by atoms with van der Waals surface area (Å²) >= 11 is 0. The van der Waals surface area contributed by atoms with Crippen LogP contribution in [0.5, 0.6) is 11.5 Å². The fourth-order valence-electron chi connectivity index (χ4n) is 3.55. The molecule has 0 aliphatic heterocycles. The Hall–Kier alpha value is -3.21. The van der Waals surface area contributed by atoms with Crippen molar-refractivity contribution in [3.8, 4) is 11.5 Å². The first-order valence-corrected chi connectivity index (χ1v) is 9.50. The van der Waals surface area contributed by atoms with E-state index in [4.69, 9.17) is 9.15 Å². The first-order valence-electron chi connectivity index (χ1n) is 9.50. The van der Waals surface area contributed by atoms with Crippen LogP contribution in [0.4, 0.5) is 0 Å². The molecule has 2 aromatic carbocycles. The van der Waals surface area contributed by atoms with E-state index in [0.29, 0.717) is 17.9 Å². The Morgan fingerprint density at radius 2 is 1.89 bits per heavy atom. The van der Waals surface area contributed by atoms with Crippen molar-refractivity contribution in [2.45, 2.75) is 32.4 Å². The van der Waals surface area contributed by atoms with Gasteiger partial charge in [-0.05, 0) is 60.7 Å². The molecule has 0 radical (unpaired) electrons. The van der Waals surface area contributed by atoms with Crippen LogP contribution in [-0.4, -0.2) is 22.5 Å². The Labute approximate surface area is 164 Å². The van der Waals surface area contributed by atoms with Crippen molar-refractivity contribution in [2.75, 3.05) is 6.61 Å². The summed E-state index contributed by atoms with van der Waals surface area (Å²) in [7, 11) is 0. The van der Waals surface area contributed by atoms with Gasteiger partial charge in [0.2, 0.25) is 0 Å². The van der Waals surface area contributed by atoms with Crippen LogP contribution in [0.2, 0.25) is 0 Å². The summed E-state index contributed by atoms with van der Waals surface area (Å²) in [6, 6.07) is 16.7. The smallest absolute Gasteiger partial charge is 0.261 e. The van der Waals surface area contributed by atoms with Gasteiger partial charge in [-0.1, -0.05) is 24.3 Å². The molecule has 1 aliphatic carbocycles. The molecule has 0 saturated carbocycles. The molecule has 5 nitrogen and oxygen atoms in total. The molecule has 0 fully saturated rings. The number of ether oxygens (including phenoxy) is 1. The standard InChI is InChI=1S/C23H23NO4/c25-22-9-2-1-5-19(22)14-24(15-21-8-4-12-27-21)23(26)16-28-20-11-10-17-6-3-7-18(17)13-20/h1-2,4-5,8-13,25H,3,6-7,14-16H2. The number of hydrogen-bond acceptors (Lipinski definition) is 4. The maximum Gasteiger partial charge on any atom is 0.261 e. The molecule has 0 atom stereocenters. The van der Waals surface area contributed by atoms with Gasteiger partial charge in [0.25, 0.3) is 5.91 Å². The Kier molecular flexibility index (Phi) is 5.33. The minimum Gasteiger partial charge on any atom is -0.508 e. The number of furan rings is 1. The minimum atomic E-state index is -0.167. The number of phenols is 1. The van der Waals surface area contributed by atoms with E-state index in [-0.39, 0.29) is 24.8 Å². The highest BCUT2D eigenvalue weighted by atomic mass is 16.5. The van der Waals surface area contributed by atoms with E-state index in [1.807, 2.05) is 24.3 Å². The normalized spacial score (nSPS) is 12.6. The van der Waals surface area contributed by atoms with E-state index in [1.165, 1.54) is 17.5 Å². The van der Waals surface area contributed by atoms with Crippen molar-refractivity contribution in [3.05, 3.63) is 83.3 Å². The van der Waals surface area contributed by atoms with Crippen LogP contribution in [0.15, 0.2) is 65.3 Å². The highest BCUT2D eigenvalue weighted by molar-refractivity contribution is 5.77. The van der Waals surface area contributed by atoms with E-state index < -0.39 is 0 Å². The summed E-state index contributed by atoms with van der Waals surface area (Å²) in [6.07, 6.45) is 4.94. The molecule has 3 aromatic rings. The fraction of sp³-hybridized carbons (Fsp3) is 0.261. The number of carbonyl (C=O) groups is 1. The maximum absolute atomic E-state index is 12.9. The van der Waals surface area contributed by atoms with Gasteiger partial charge >= 0.3 is 0 Å². The molecule has 0 spiro atoms. The number of benzene rings is 2. The second-order valence-corrected chi connectivity index (χ2v) is 7.03. The molecule has 1 amide bonds. The zero-order valence-corrected chi connectivity index (χ0v) is 15.6. The third kappa shape index (κ3) is 4.19. The summed E-state index contributed by atoms with van der Waals surface area (Å²) in [5.41, 5.74) is 3.37. The van der Waals surface area contributed by atoms with Crippen molar-refractivity contribution < 1.29 is 19.1 Å². The van der Waals surface area contributed by atoms with Gasteiger partial charge in [0.1, 0.15) is 17.3 Å². The van der Waals surface area contributed by atoms with Crippen molar-refractivity contribution in [1.29, 1.82) is 0 Å². The number of phenolic OH excluding ortho intramolecular Hbond substituents is 1. The van der Waals surface area contributed by atoms with Gasteiger partial charge in [-0.25, -0.2) is 0 Å². The van der Waals surface area contributed by atoms with Gasteiger partial charge < -0.3 is 19.2 Å². The highest BCUT2D eigenvalue weighted by Crippen LogP contribution is 2.26. The predicted molar refractivity (Wildman–Crippen MR) is 105 cm³/mol. The second kappa shape index (κ2) is 8.21. The minimum absolute atomic E-state index is 0.0624. The van der Waals surface area contributed by atoms with Crippen LogP contribution >= 0.6 is 0 Å². The number of hydrogen-bond donors (Lipinski definition) is 1. The molecule has 1 aromatic heterocycles. The maximum atomic E-state index is 12.9. The summed E-state index contributed by atoms with van der Waals surface area (Å²) in [4.78, 5) is 14.5. The average molecular weight is 377 g/mol.